The van der Waals surface area contributed by atoms with Gasteiger partial charge in [-0.1, -0.05) is 30.3 Å². The second-order valence-corrected chi connectivity index (χ2v) is 7.07. The summed E-state index contributed by atoms with van der Waals surface area (Å²) in [7, 11) is 0. The lowest BCUT2D eigenvalue weighted by atomic mass is 10.00. The maximum Gasteiger partial charge on any atom is 0.293 e. The van der Waals surface area contributed by atoms with E-state index in [4.69, 9.17) is 9.15 Å². The number of ether oxygens (including phenoxy) is 1. The molecule has 1 unspecified atom stereocenters. The molecule has 0 spiro atoms. The zero-order valence-electron chi connectivity index (χ0n) is 16.0. The van der Waals surface area contributed by atoms with Crippen molar-refractivity contribution in [3.63, 3.8) is 0 Å². The predicted octanol–water partition coefficient (Wildman–Crippen LogP) is 2.72. The van der Waals surface area contributed by atoms with Gasteiger partial charge < -0.3 is 19.6 Å². The molecule has 0 aliphatic carbocycles. The number of amides is 1. The molecule has 7 heteroatoms. The van der Waals surface area contributed by atoms with E-state index in [1.165, 1.54) is 23.7 Å². The summed E-state index contributed by atoms with van der Waals surface area (Å²) < 4.78 is 10.7. The van der Waals surface area contributed by atoms with Crippen LogP contribution in [0.25, 0.3) is 0 Å². The third-order valence-electron chi connectivity index (χ3n) is 4.87. The van der Waals surface area contributed by atoms with Gasteiger partial charge in [0.2, 0.25) is 5.76 Å². The first kappa shape index (κ1) is 19.2. The van der Waals surface area contributed by atoms with Crippen molar-refractivity contribution >= 4 is 11.6 Å². The number of nitrogens with one attached hydrogen (secondary N) is 1. The minimum Gasteiger partial charge on any atom is -0.491 e. The van der Waals surface area contributed by atoms with Gasteiger partial charge in [0, 0.05) is 31.4 Å². The Kier molecular flexibility index (Phi) is 5.88. The van der Waals surface area contributed by atoms with Gasteiger partial charge in [0.25, 0.3) is 5.91 Å². The number of anilines is 1. The van der Waals surface area contributed by atoms with E-state index in [2.05, 4.69) is 39.5 Å². The Bertz CT molecular complexity index is 958. The zero-order chi connectivity index (χ0) is 20.1. The van der Waals surface area contributed by atoms with E-state index in [0.29, 0.717) is 18.0 Å². The Morgan fingerprint density at radius 3 is 2.93 bits per heavy atom. The van der Waals surface area contributed by atoms with Gasteiger partial charge in [0.05, 0.1) is 6.20 Å². The molecule has 0 radical (unpaired) electrons. The van der Waals surface area contributed by atoms with Crippen molar-refractivity contribution in [1.29, 1.82) is 0 Å². The number of aliphatic hydroxyl groups is 1. The van der Waals surface area contributed by atoms with Crippen LogP contribution in [0.4, 0.5) is 5.69 Å². The third kappa shape index (κ3) is 5.01. The van der Waals surface area contributed by atoms with E-state index in [1.807, 2.05) is 0 Å². The first-order valence-electron chi connectivity index (χ1n) is 9.57. The molecule has 1 aliphatic heterocycles. The van der Waals surface area contributed by atoms with Crippen LogP contribution in [0.15, 0.2) is 65.5 Å². The van der Waals surface area contributed by atoms with Gasteiger partial charge >= 0.3 is 0 Å². The quantitative estimate of drug-likeness (QED) is 0.642. The number of hydrogen-bond acceptors (Lipinski definition) is 6. The molecule has 2 N–H and O–H groups in total. The van der Waals surface area contributed by atoms with Crippen molar-refractivity contribution in [3.8, 4) is 5.75 Å². The van der Waals surface area contributed by atoms with Crippen molar-refractivity contribution in [1.82, 2.24) is 9.88 Å². The van der Waals surface area contributed by atoms with Crippen LogP contribution in [0, 0.1) is 0 Å². The van der Waals surface area contributed by atoms with Gasteiger partial charge in [-0.3, -0.25) is 9.69 Å². The number of benzene rings is 2. The van der Waals surface area contributed by atoms with Crippen LogP contribution in [0.5, 0.6) is 5.75 Å². The average molecular weight is 393 g/mol. The van der Waals surface area contributed by atoms with Crippen molar-refractivity contribution < 1.29 is 19.1 Å². The summed E-state index contributed by atoms with van der Waals surface area (Å²) in [5.41, 5.74) is 3.28. The molecular weight excluding hydrogens is 370 g/mol. The van der Waals surface area contributed by atoms with Gasteiger partial charge in [-0.15, -0.1) is 0 Å². The van der Waals surface area contributed by atoms with Crippen LogP contribution in [0.1, 0.15) is 21.7 Å². The summed E-state index contributed by atoms with van der Waals surface area (Å²) in [6.07, 6.45) is 2.95. The topological polar surface area (TPSA) is 87.8 Å². The molecule has 0 saturated heterocycles. The number of fused-ring (bicyclic) bond motifs is 1. The second-order valence-electron chi connectivity index (χ2n) is 7.07. The Balaban J connectivity index is 1.27. The number of oxazole rings is 1. The van der Waals surface area contributed by atoms with Crippen LogP contribution >= 0.6 is 0 Å². The van der Waals surface area contributed by atoms with E-state index in [0.717, 1.165) is 19.5 Å². The van der Waals surface area contributed by atoms with Gasteiger partial charge in [-0.25, -0.2) is 4.98 Å². The van der Waals surface area contributed by atoms with E-state index < -0.39 is 6.10 Å². The average Bonchev–Trinajstić information content (AvgIpc) is 3.28. The van der Waals surface area contributed by atoms with Crippen LogP contribution in [0.2, 0.25) is 0 Å². The fraction of sp³-hybridized carbons (Fsp3) is 0.273. The first-order chi connectivity index (χ1) is 14.2. The first-order valence-corrected chi connectivity index (χ1v) is 9.57. The molecule has 1 aromatic heterocycles. The predicted molar refractivity (Wildman–Crippen MR) is 108 cm³/mol. The SMILES string of the molecule is O=C(Nc1cccc(OCC(O)CN2CCc3ccccc3C2)c1)c1cnco1. The molecule has 0 fully saturated rings. The lowest BCUT2D eigenvalue weighted by molar-refractivity contribution is 0.0638. The number of aromatic nitrogens is 1. The summed E-state index contributed by atoms with van der Waals surface area (Å²) in [4.78, 5) is 18.0. The van der Waals surface area contributed by atoms with E-state index in [9.17, 15) is 9.90 Å². The molecule has 3 aromatic rings. The molecule has 0 bridgehead atoms. The minimum atomic E-state index is -0.604. The highest BCUT2D eigenvalue weighted by atomic mass is 16.5. The third-order valence-corrected chi connectivity index (χ3v) is 4.87. The fourth-order valence-corrected chi connectivity index (χ4v) is 3.44. The molecule has 7 nitrogen and oxygen atoms in total. The maximum atomic E-state index is 12.0. The van der Waals surface area contributed by atoms with Crippen molar-refractivity contribution in [2.45, 2.75) is 19.1 Å². The van der Waals surface area contributed by atoms with Gasteiger partial charge in [-0.05, 0) is 29.7 Å². The summed E-state index contributed by atoms with van der Waals surface area (Å²) in [5.74, 6) is 0.323. The molecule has 2 aromatic carbocycles. The highest BCUT2D eigenvalue weighted by Gasteiger charge is 2.18. The number of aliphatic hydroxyl groups excluding tert-OH is 1. The van der Waals surface area contributed by atoms with Crippen LogP contribution < -0.4 is 10.1 Å². The highest BCUT2D eigenvalue weighted by molar-refractivity contribution is 6.02. The number of rotatable bonds is 7. The summed E-state index contributed by atoms with van der Waals surface area (Å²) >= 11 is 0. The van der Waals surface area contributed by atoms with Gasteiger partial charge in [0.15, 0.2) is 6.39 Å². The number of β-amino-alcohol motifs (C(OH)–C–C–N with tert-alkyl or cyclic N) is 1. The molecule has 4 rings (SSSR count). The lowest BCUT2D eigenvalue weighted by Crippen LogP contribution is -2.38. The highest BCUT2D eigenvalue weighted by Crippen LogP contribution is 2.20. The normalized spacial score (nSPS) is 14.8. The number of nitrogens with zero attached hydrogens (tertiary/aromatic N) is 2. The molecule has 0 saturated carbocycles. The maximum absolute atomic E-state index is 12.0. The Labute approximate surface area is 168 Å². The van der Waals surface area contributed by atoms with E-state index in [1.54, 1.807) is 24.3 Å². The Morgan fingerprint density at radius 2 is 2.10 bits per heavy atom. The number of carbonyl (C=O) groups is 1. The molecule has 1 aliphatic rings. The standard InChI is InChI=1S/C22H23N3O4/c26-19(13-25-9-8-16-4-1-2-5-17(16)12-25)14-28-20-7-3-6-18(10-20)24-22(27)21-11-23-15-29-21/h1-7,10-11,15,19,26H,8-9,12-14H2,(H,24,27). The molecule has 2 heterocycles. The van der Waals surface area contributed by atoms with E-state index in [-0.39, 0.29) is 18.3 Å². The number of carbonyl (C=O) groups excluding carboxylic acids is 1. The van der Waals surface area contributed by atoms with E-state index >= 15 is 0 Å². The summed E-state index contributed by atoms with van der Waals surface area (Å²) in [6, 6.07) is 15.5. The van der Waals surface area contributed by atoms with Crippen molar-refractivity contribution in [3.05, 3.63) is 78.0 Å². The molecule has 150 valence electrons. The smallest absolute Gasteiger partial charge is 0.293 e. The van der Waals surface area contributed by atoms with Crippen molar-refractivity contribution in [2.24, 2.45) is 0 Å². The molecule has 1 amide bonds. The van der Waals surface area contributed by atoms with Crippen molar-refractivity contribution in [2.75, 3.05) is 25.0 Å². The molecular formula is C22H23N3O4. The monoisotopic (exact) mass is 393 g/mol. The van der Waals surface area contributed by atoms with Crippen LogP contribution in [-0.4, -0.2) is 46.7 Å². The Morgan fingerprint density at radius 1 is 1.24 bits per heavy atom. The van der Waals surface area contributed by atoms with Crippen LogP contribution in [-0.2, 0) is 13.0 Å². The zero-order valence-corrected chi connectivity index (χ0v) is 16.0. The van der Waals surface area contributed by atoms with Crippen LogP contribution in [0.3, 0.4) is 0 Å². The second kappa shape index (κ2) is 8.89. The minimum absolute atomic E-state index is 0.134. The summed E-state index contributed by atoms with van der Waals surface area (Å²) in [6.45, 7) is 2.50. The van der Waals surface area contributed by atoms with Gasteiger partial charge in [-0.2, -0.15) is 0 Å². The summed E-state index contributed by atoms with van der Waals surface area (Å²) in [5, 5.41) is 13.1. The molecule has 29 heavy (non-hydrogen) atoms. The lowest BCUT2D eigenvalue weighted by Gasteiger charge is -2.30. The molecule has 1 atom stereocenters. The number of hydrogen-bond donors (Lipinski definition) is 2. The Hall–Kier alpha value is -3.16. The fourth-order valence-electron chi connectivity index (χ4n) is 3.44. The van der Waals surface area contributed by atoms with Gasteiger partial charge in [0.1, 0.15) is 18.5 Å². The largest absolute Gasteiger partial charge is 0.491 e.